The molecule has 1 aromatic heterocycles. The molecular weight excluding hydrogens is 222 g/mol. The molecule has 0 radical (unpaired) electrons. The highest BCUT2D eigenvalue weighted by atomic mass is 16.4. The van der Waals surface area contributed by atoms with Crippen LogP contribution in [0.1, 0.15) is 30.7 Å². The van der Waals surface area contributed by atoms with Gasteiger partial charge in [0.05, 0.1) is 12.2 Å². The summed E-state index contributed by atoms with van der Waals surface area (Å²) in [4.78, 5) is 24.5. The Hall–Kier alpha value is -1.78. The van der Waals surface area contributed by atoms with Crippen LogP contribution in [0, 0.1) is 12.8 Å². The summed E-state index contributed by atoms with van der Waals surface area (Å²) in [6.45, 7) is 4.19. The Morgan fingerprint density at radius 3 is 2.82 bits per heavy atom. The van der Waals surface area contributed by atoms with E-state index in [2.05, 4.69) is 0 Å². The Bertz CT molecular complexity index is 451. The van der Waals surface area contributed by atoms with Gasteiger partial charge >= 0.3 is 5.97 Å². The maximum Gasteiger partial charge on any atom is 0.309 e. The van der Waals surface area contributed by atoms with Gasteiger partial charge in [-0.1, -0.05) is 0 Å². The molecule has 1 aliphatic rings. The van der Waals surface area contributed by atoms with Gasteiger partial charge in [0.25, 0.3) is 0 Å². The third-order valence-corrected chi connectivity index (χ3v) is 3.26. The van der Waals surface area contributed by atoms with E-state index in [1.807, 2.05) is 13.8 Å². The van der Waals surface area contributed by atoms with Gasteiger partial charge in [0.1, 0.15) is 11.8 Å². The average Bonchev–Trinajstić information content (AvgIpc) is 2.81. The zero-order valence-electron chi connectivity index (χ0n) is 9.84. The highest BCUT2D eigenvalue weighted by Crippen LogP contribution is 2.39. The number of hydrogen-bond acceptors (Lipinski definition) is 3. The first-order valence-electron chi connectivity index (χ1n) is 5.62. The molecule has 2 heterocycles. The molecule has 92 valence electrons. The number of hydrogen-bond donors (Lipinski definition) is 1. The number of rotatable bonds is 3. The topological polar surface area (TPSA) is 70.8 Å². The maximum atomic E-state index is 11.8. The van der Waals surface area contributed by atoms with Gasteiger partial charge in [0, 0.05) is 13.0 Å². The number of likely N-dealkylation sites (tertiary alicyclic amines) is 1. The fourth-order valence-electron chi connectivity index (χ4n) is 2.40. The second-order valence-corrected chi connectivity index (χ2v) is 4.24. The van der Waals surface area contributed by atoms with Crippen molar-refractivity contribution in [3.8, 4) is 0 Å². The Morgan fingerprint density at radius 2 is 2.35 bits per heavy atom. The molecule has 1 N–H and O–H groups in total. The van der Waals surface area contributed by atoms with Crippen LogP contribution in [0.3, 0.4) is 0 Å². The highest BCUT2D eigenvalue weighted by molar-refractivity contribution is 5.87. The molecule has 0 saturated carbocycles. The van der Waals surface area contributed by atoms with Crippen molar-refractivity contribution in [3.63, 3.8) is 0 Å². The van der Waals surface area contributed by atoms with E-state index in [0.717, 1.165) is 5.56 Å². The second kappa shape index (κ2) is 4.24. The third kappa shape index (κ3) is 1.81. The number of aliphatic carboxylic acids is 1. The van der Waals surface area contributed by atoms with Crippen molar-refractivity contribution >= 4 is 11.9 Å². The van der Waals surface area contributed by atoms with Crippen LogP contribution in [0.5, 0.6) is 0 Å². The van der Waals surface area contributed by atoms with E-state index in [1.54, 1.807) is 11.0 Å². The lowest BCUT2D eigenvalue weighted by Crippen LogP contribution is -2.30. The number of amides is 1. The van der Waals surface area contributed by atoms with E-state index in [-0.39, 0.29) is 12.3 Å². The molecule has 17 heavy (non-hydrogen) atoms. The van der Waals surface area contributed by atoms with Crippen molar-refractivity contribution in [2.45, 2.75) is 26.3 Å². The maximum absolute atomic E-state index is 11.8. The zero-order valence-corrected chi connectivity index (χ0v) is 9.84. The van der Waals surface area contributed by atoms with Crippen LogP contribution in [0.4, 0.5) is 0 Å². The molecule has 1 amide bonds. The number of carboxylic acid groups (broad SMARTS) is 1. The lowest BCUT2D eigenvalue weighted by atomic mass is 9.96. The standard InChI is InChI=1S/C12H15NO4/c1-3-13-9(14)6-8(12(15)16)10(13)11-7(2)4-5-17-11/h4-5,8,10H,3,6H2,1-2H3,(H,15,16). The highest BCUT2D eigenvalue weighted by Gasteiger charge is 2.45. The minimum absolute atomic E-state index is 0.0496. The monoisotopic (exact) mass is 237 g/mol. The number of aryl methyl sites for hydroxylation is 1. The summed E-state index contributed by atoms with van der Waals surface area (Å²) in [5.74, 6) is -1.20. The first-order valence-corrected chi connectivity index (χ1v) is 5.62. The SMILES string of the molecule is CCN1C(=O)CC(C(=O)O)C1c1occc1C. The van der Waals surface area contributed by atoms with Crippen LogP contribution in [0.2, 0.25) is 0 Å². The summed E-state index contributed by atoms with van der Waals surface area (Å²) in [6.07, 6.45) is 1.58. The molecular formula is C12H15NO4. The summed E-state index contributed by atoms with van der Waals surface area (Å²) < 4.78 is 5.35. The van der Waals surface area contributed by atoms with E-state index in [4.69, 9.17) is 4.42 Å². The van der Waals surface area contributed by atoms with Crippen molar-refractivity contribution < 1.29 is 19.1 Å². The predicted molar refractivity (Wildman–Crippen MR) is 59.3 cm³/mol. The van der Waals surface area contributed by atoms with Gasteiger partial charge in [0.15, 0.2) is 0 Å². The second-order valence-electron chi connectivity index (χ2n) is 4.24. The van der Waals surface area contributed by atoms with Crippen molar-refractivity contribution in [3.05, 3.63) is 23.7 Å². The van der Waals surface area contributed by atoms with E-state index in [1.165, 1.54) is 6.26 Å². The first-order chi connectivity index (χ1) is 8.06. The molecule has 0 aliphatic carbocycles. The van der Waals surface area contributed by atoms with E-state index in [0.29, 0.717) is 12.3 Å². The molecule has 5 nitrogen and oxygen atoms in total. The average molecular weight is 237 g/mol. The van der Waals surface area contributed by atoms with Crippen molar-refractivity contribution in [2.75, 3.05) is 6.54 Å². The molecule has 2 rings (SSSR count). The summed E-state index contributed by atoms with van der Waals surface area (Å²) in [7, 11) is 0. The number of carboxylic acids is 1. The fraction of sp³-hybridized carbons (Fsp3) is 0.500. The summed E-state index contributed by atoms with van der Waals surface area (Å²) in [6, 6.07) is 1.31. The molecule has 2 atom stereocenters. The van der Waals surface area contributed by atoms with E-state index in [9.17, 15) is 14.7 Å². The number of furan rings is 1. The van der Waals surface area contributed by atoms with Crippen LogP contribution in [-0.4, -0.2) is 28.4 Å². The van der Waals surface area contributed by atoms with Gasteiger partial charge in [-0.05, 0) is 25.5 Å². The van der Waals surface area contributed by atoms with Crippen LogP contribution >= 0.6 is 0 Å². The molecule has 0 aromatic carbocycles. The Kier molecular flexibility index (Phi) is 2.92. The lowest BCUT2D eigenvalue weighted by Gasteiger charge is -2.24. The Morgan fingerprint density at radius 1 is 1.65 bits per heavy atom. The lowest BCUT2D eigenvalue weighted by molar-refractivity contribution is -0.142. The van der Waals surface area contributed by atoms with Crippen molar-refractivity contribution in [1.29, 1.82) is 0 Å². The van der Waals surface area contributed by atoms with Gasteiger partial charge in [0.2, 0.25) is 5.91 Å². The molecule has 5 heteroatoms. The minimum atomic E-state index is -0.949. The van der Waals surface area contributed by atoms with Crippen molar-refractivity contribution in [2.24, 2.45) is 5.92 Å². The molecule has 1 aliphatic heterocycles. The van der Waals surface area contributed by atoms with Crippen LogP contribution < -0.4 is 0 Å². The zero-order chi connectivity index (χ0) is 12.6. The fourth-order valence-corrected chi connectivity index (χ4v) is 2.40. The molecule has 0 bridgehead atoms. The van der Waals surface area contributed by atoms with E-state index < -0.39 is 17.9 Å². The molecule has 1 saturated heterocycles. The number of carbonyl (C=O) groups excluding carboxylic acids is 1. The third-order valence-electron chi connectivity index (χ3n) is 3.26. The largest absolute Gasteiger partial charge is 0.481 e. The smallest absolute Gasteiger partial charge is 0.309 e. The van der Waals surface area contributed by atoms with Gasteiger partial charge in [-0.2, -0.15) is 0 Å². The Balaban J connectivity index is 2.42. The molecule has 2 unspecified atom stereocenters. The predicted octanol–water partition coefficient (Wildman–Crippen LogP) is 1.58. The summed E-state index contributed by atoms with van der Waals surface area (Å²) >= 11 is 0. The van der Waals surface area contributed by atoms with Crippen LogP contribution in [-0.2, 0) is 9.59 Å². The van der Waals surface area contributed by atoms with Gasteiger partial charge in [-0.15, -0.1) is 0 Å². The number of carbonyl (C=O) groups is 2. The minimum Gasteiger partial charge on any atom is -0.481 e. The molecule has 1 fully saturated rings. The molecule has 1 aromatic rings. The number of nitrogens with zero attached hydrogens (tertiary/aromatic N) is 1. The quantitative estimate of drug-likeness (QED) is 0.866. The first kappa shape index (κ1) is 11.7. The van der Waals surface area contributed by atoms with Crippen LogP contribution in [0.15, 0.2) is 16.7 Å². The van der Waals surface area contributed by atoms with Gasteiger partial charge < -0.3 is 14.4 Å². The normalized spacial score (nSPS) is 24.4. The van der Waals surface area contributed by atoms with Crippen LogP contribution in [0.25, 0.3) is 0 Å². The summed E-state index contributed by atoms with van der Waals surface area (Å²) in [5.41, 5.74) is 0.884. The molecule has 0 spiro atoms. The van der Waals surface area contributed by atoms with Gasteiger partial charge in [-0.3, -0.25) is 9.59 Å². The van der Waals surface area contributed by atoms with E-state index >= 15 is 0 Å². The van der Waals surface area contributed by atoms with Crippen molar-refractivity contribution in [1.82, 2.24) is 4.90 Å². The Labute approximate surface area is 99.0 Å². The van der Waals surface area contributed by atoms with Gasteiger partial charge in [-0.25, -0.2) is 0 Å². The summed E-state index contributed by atoms with van der Waals surface area (Å²) in [5, 5.41) is 9.18.